The molecule has 0 amide bonds. The van der Waals surface area contributed by atoms with Gasteiger partial charge in [-0.2, -0.15) is 0 Å². The maximum absolute atomic E-state index is 13.6. The van der Waals surface area contributed by atoms with E-state index in [1.807, 2.05) is 0 Å². The van der Waals surface area contributed by atoms with Crippen molar-refractivity contribution in [1.29, 1.82) is 0 Å². The van der Waals surface area contributed by atoms with Crippen LogP contribution in [0.2, 0.25) is 5.02 Å². The zero-order valence-electron chi connectivity index (χ0n) is 10.2. The Morgan fingerprint density at radius 2 is 1.70 bits per heavy atom. The van der Waals surface area contributed by atoms with Crippen molar-refractivity contribution < 1.29 is 22.7 Å². The van der Waals surface area contributed by atoms with Crippen molar-refractivity contribution in [2.24, 2.45) is 0 Å². The number of ether oxygens (including phenoxy) is 1. The SMILES string of the molecule is COc1cc(Cl)ccc1C(=O)c1c(F)cc(F)cc1F. The lowest BCUT2D eigenvalue weighted by molar-refractivity contribution is 0.102. The Kier molecular flexibility index (Phi) is 3.99. The zero-order chi connectivity index (χ0) is 14.9. The Balaban J connectivity index is 2.58. The van der Waals surface area contributed by atoms with Crippen LogP contribution in [0.25, 0.3) is 0 Å². The quantitative estimate of drug-likeness (QED) is 0.801. The molecule has 0 aliphatic heterocycles. The first-order valence-electron chi connectivity index (χ1n) is 5.47. The van der Waals surface area contributed by atoms with E-state index in [0.717, 1.165) is 0 Å². The summed E-state index contributed by atoms with van der Waals surface area (Å²) in [6.07, 6.45) is 0. The average molecular weight is 301 g/mol. The summed E-state index contributed by atoms with van der Waals surface area (Å²) in [6.45, 7) is 0. The van der Waals surface area contributed by atoms with Gasteiger partial charge in [-0.1, -0.05) is 11.6 Å². The van der Waals surface area contributed by atoms with Crippen molar-refractivity contribution in [3.63, 3.8) is 0 Å². The van der Waals surface area contributed by atoms with Gasteiger partial charge in [0.1, 0.15) is 23.2 Å². The third-order valence-corrected chi connectivity index (χ3v) is 2.88. The lowest BCUT2D eigenvalue weighted by Crippen LogP contribution is -2.09. The summed E-state index contributed by atoms with van der Waals surface area (Å²) in [6, 6.07) is 4.90. The first kappa shape index (κ1) is 14.4. The van der Waals surface area contributed by atoms with Crippen molar-refractivity contribution >= 4 is 17.4 Å². The number of rotatable bonds is 3. The molecule has 2 nitrogen and oxygen atoms in total. The van der Waals surface area contributed by atoms with E-state index in [9.17, 15) is 18.0 Å². The minimum Gasteiger partial charge on any atom is -0.496 e. The third kappa shape index (κ3) is 2.63. The lowest BCUT2D eigenvalue weighted by atomic mass is 10.0. The fraction of sp³-hybridized carbons (Fsp3) is 0.0714. The Hall–Kier alpha value is -2.01. The maximum Gasteiger partial charge on any atom is 0.202 e. The van der Waals surface area contributed by atoms with Crippen LogP contribution in [0, 0.1) is 17.5 Å². The van der Waals surface area contributed by atoms with Crippen LogP contribution < -0.4 is 4.74 Å². The van der Waals surface area contributed by atoms with E-state index in [1.54, 1.807) is 0 Å². The highest BCUT2D eigenvalue weighted by Gasteiger charge is 2.23. The number of ketones is 1. The molecule has 0 spiro atoms. The van der Waals surface area contributed by atoms with Crippen molar-refractivity contribution in [3.8, 4) is 5.75 Å². The van der Waals surface area contributed by atoms with Gasteiger partial charge < -0.3 is 4.74 Å². The van der Waals surface area contributed by atoms with E-state index < -0.39 is 28.8 Å². The molecule has 0 saturated carbocycles. The van der Waals surface area contributed by atoms with Crippen LogP contribution in [0.5, 0.6) is 5.75 Å². The number of methoxy groups -OCH3 is 1. The van der Waals surface area contributed by atoms with E-state index in [4.69, 9.17) is 16.3 Å². The normalized spacial score (nSPS) is 10.4. The van der Waals surface area contributed by atoms with Gasteiger partial charge in [0.25, 0.3) is 0 Å². The van der Waals surface area contributed by atoms with Gasteiger partial charge in [0.2, 0.25) is 5.78 Å². The Labute approximate surface area is 117 Å². The standard InChI is InChI=1S/C14H8ClF3O2/c1-20-12-4-7(15)2-3-9(12)14(19)13-10(17)5-8(16)6-11(13)18/h2-6H,1H3. The number of hydrogen-bond acceptors (Lipinski definition) is 2. The van der Waals surface area contributed by atoms with Gasteiger partial charge in [-0.05, 0) is 18.2 Å². The summed E-state index contributed by atoms with van der Waals surface area (Å²) in [5.41, 5.74) is -0.909. The highest BCUT2D eigenvalue weighted by Crippen LogP contribution is 2.27. The first-order valence-corrected chi connectivity index (χ1v) is 5.84. The molecule has 0 N–H and O–H groups in total. The van der Waals surface area contributed by atoms with Crippen LogP contribution in [0.3, 0.4) is 0 Å². The number of hydrogen-bond donors (Lipinski definition) is 0. The summed E-state index contributed by atoms with van der Waals surface area (Å²) in [7, 11) is 1.29. The summed E-state index contributed by atoms with van der Waals surface area (Å²) < 4.78 is 45.0. The fourth-order valence-electron chi connectivity index (χ4n) is 1.75. The van der Waals surface area contributed by atoms with Crippen molar-refractivity contribution in [2.45, 2.75) is 0 Å². The highest BCUT2D eigenvalue weighted by atomic mass is 35.5. The molecule has 0 bridgehead atoms. The second-order valence-corrected chi connectivity index (χ2v) is 4.35. The van der Waals surface area contributed by atoms with Gasteiger partial charge in [-0.25, -0.2) is 13.2 Å². The third-order valence-electron chi connectivity index (χ3n) is 2.64. The smallest absolute Gasteiger partial charge is 0.202 e. The van der Waals surface area contributed by atoms with Crippen molar-refractivity contribution in [2.75, 3.05) is 7.11 Å². The fourth-order valence-corrected chi connectivity index (χ4v) is 1.91. The molecule has 0 saturated heterocycles. The number of carbonyl (C=O) groups excluding carboxylic acids is 1. The Morgan fingerprint density at radius 1 is 1.10 bits per heavy atom. The Morgan fingerprint density at radius 3 is 2.25 bits per heavy atom. The molecular weight excluding hydrogens is 293 g/mol. The predicted molar refractivity (Wildman–Crippen MR) is 67.8 cm³/mol. The van der Waals surface area contributed by atoms with Crippen LogP contribution in [-0.2, 0) is 0 Å². The molecule has 0 aromatic heterocycles. The number of carbonyl (C=O) groups is 1. The van der Waals surface area contributed by atoms with E-state index >= 15 is 0 Å². The molecule has 2 aromatic carbocycles. The van der Waals surface area contributed by atoms with Gasteiger partial charge in [-0.15, -0.1) is 0 Å². The van der Waals surface area contributed by atoms with Crippen molar-refractivity contribution in [1.82, 2.24) is 0 Å². The van der Waals surface area contributed by atoms with E-state index in [1.165, 1.54) is 25.3 Å². The number of halogens is 4. The summed E-state index contributed by atoms with van der Waals surface area (Å²) in [5.74, 6) is -4.52. The summed E-state index contributed by atoms with van der Waals surface area (Å²) >= 11 is 5.74. The largest absolute Gasteiger partial charge is 0.496 e. The molecule has 0 heterocycles. The Bertz CT molecular complexity index is 663. The molecule has 104 valence electrons. The molecule has 0 aliphatic carbocycles. The van der Waals surface area contributed by atoms with Gasteiger partial charge in [0, 0.05) is 17.2 Å². The molecule has 0 unspecified atom stereocenters. The minimum absolute atomic E-state index is 0.0682. The van der Waals surface area contributed by atoms with Crippen LogP contribution in [0.1, 0.15) is 15.9 Å². The lowest BCUT2D eigenvalue weighted by Gasteiger charge is -2.09. The molecule has 2 aromatic rings. The predicted octanol–water partition coefficient (Wildman–Crippen LogP) is 4.00. The molecular formula is C14H8ClF3O2. The molecule has 0 radical (unpaired) electrons. The van der Waals surface area contributed by atoms with E-state index in [2.05, 4.69) is 0 Å². The molecule has 0 aliphatic rings. The van der Waals surface area contributed by atoms with Gasteiger partial charge >= 0.3 is 0 Å². The minimum atomic E-state index is -1.27. The molecule has 0 fully saturated rings. The van der Waals surface area contributed by atoms with Crippen molar-refractivity contribution in [3.05, 3.63) is 63.9 Å². The average Bonchev–Trinajstić information content (AvgIpc) is 2.37. The van der Waals surface area contributed by atoms with Gasteiger partial charge in [-0.3, -0.25) is 4.79 Å². The maximum atomic E-state index is 13.6. The zero-order valence-corrected chi connectivity index (χ0v) is 11.0. The molecule has 2 rings (SSSR count). The van der Waals surface area contributed by atoms with Crippen LogP contribution in [-0.4, -0.2) is 12.9 Å². The topological polar surface area (TPSA) is 26.3 Å². The highest BCUT2D eigenvalue weighted by molar-refractivity contribution is 6.31. The van der Waals surface area contributed by atoms with Crippen LogP contribution in [0.15, 0.2) is 30.3 Å². The summed E-state index contributed by atoms with van der Waals surface area (Å²) in [4.78, 5) is 12.2. The van der Waals surface area contributed by atoms with E-state index in [-0.39, 0.29) is 11.3 Å². The second kappa shape index (κ2) is 5.54. The first-order chi connectivity index (χ1) is 9.43. The van der Waals surface area contributed by atoms with Crippen LogP contribution >= 0.6 is 11.6 Å². The molecule has 20 heavy (non-hydrogen) atoms. The van der Waals surface area contributed by atoms with Crippen LogP contribution in [0.4, 0.5) is 13.2 Å². The van der Waals surface area contributed by atoms with Gasteiger partial charge in [0.15, 0.2) is 0 Å². The second-order valence-electron chi connectivity index (χ2n) is 3.92. The van der Waals surface area contributed by atoms with Gasteiger partial charge in [0.05, 0.1) is 18.2 Å². The monoisotopic (exact) mass is 300 g/mol. The summed E-state index contributed by atoms with van der Waals surface area (Å²) in [5, 5.41) is 0.304. The number of benzene rings is 2. The molecule has 0 atom stereocenters. The molecule has 6 heteroatoms. The van der Waals surface area contributed by atoms with E-state index in [0.29, 0.717) is 17.2 Å².